The minimum absolute atomic E-state index is 0.137. The number of carbonyl (C=O) groups excluding carboxylic acids is 3. The largest absolute Gasteiger partial charge is 0.457 e. The highest BCUT2D eigenvalue weighted by atomic mass is 16.5. The Morgan fingerprint density at radius 1 is 1.03 bits per heavy atom. The molecule has 1 N–H and O–H groups in total. The summed E-state index contributed by atoms with van der Waals surface area (Å²) in [7, 11) is 0. The number of hydrogen-bond donors (Lipinski definition) is 1. The second-order valence-electron chi connectivity index (χ2n) is 10.4. The number of fused-ring (bicyclic) bond motifs is 1. The van der Waals surface area contributed by atoms with Gasteiger partial charge in [-0.15, -0.1) is 0 Å². The second-order valence-corrected chi connectivity index (χ2v) is 10.4. The number of cyclic esters (lactones) is 2. The summed E-state index contributed by atoms with van der Waals surface area (Å²) in [6.07, 6.45) is 3.65. The molecule has 1 saturated carbocycles. The van der Waals surface area contributed by atoms with Gasteiger partial charge in [0.15, 0.2) is 0 Å². The fraction of sp³-hybridized carbons (Fsp3) is 0.577. The fourth-order valence-corrected chi connectivity index (χ4v) is 6.18. The van der Waals surface area contributed by atoms with Crippen LogP contribution in [0.2, 0.25) is 0 Å². The second kappa shape index (κ2) is 7.92. The molecule has 1 aliphatic carbocycles. The van der Waals surface area contributed by atoms with E-state index in [1.54, 1.807) is 6.07 Å². The molecule has 2 saturated heterocycles. The van der Waals surface area contributed by atoms with Gasteiger partial charge in [0.25, 0.3) is 0 Å². The molecule has 8 heteroatoms. The molecule has 5 aliphatic rings. The number of piperidine rings is 1. The lowest BCUT2D eigenvalue weighted by molar-refractivity contribution is -0.138. The van der Waals surface area contributed by atoms with Gasteiger partial charge in [-0.1, -0.05) is 6.07 Å². The Balaban J connectivity index is 1.11. The van der Waals surface area contributed by atoms with Crippen LogP contribution < -0.4 is 0 Å². The third-order valence-electron chi connectivity index (χ3n) is 8.51. The van der Waals surface area contributed by atoms with Gasteiger partial charge in [-0.3, -0.25) is 4.79 Å². The van der Waals surface area contributed by atoms with Crippen LogP contribution in [0, 0.1) is 18.3 Å². The highest BCUT2D eigenvalue weighted by Gasteiger charge is 2.51. The molecule has 1 spiro atoms. The van der Waals surface area contributed by atoms with Crippen LogP contribution in [0.1, 0.15) is 65.3 Å². The highest BCUT2D eigenvalue weighted by molar-refractivity contribution is 5.95. The summed E-state index contributed by atoms with van der Waals surface area (Å²) in [6, 6.07) is 3.57. The summed E-state index contributed by atoms with van der Waals surface area (Å²) >= 11 is 0. The number of amides is 1. The number of hydrogen-bond acceptors (Lipinski definition) is 7. The highest BCUT2D eigenvalue weighted by Crippen LogP contribution is 2.47. The molecule has 34 heavy (non-hydrogen) atoms. The van der Waals surface area contributed by atoms with Crippen LogP contribution in [0.5, 0.6) is 0 Å². The number of rotatable bonds is 5. The van der Waals surface area contributed by atoms with Crippen LogP contribution in [0.4, 0.5) is 0 Å². The lowest BCUT2D eigenvalue weighted by Crippen LogP contribution is -2.45. The van der Waals surface area contributed by atoms with Crippen LogP contribution >= 0.6 is 0 Å². The number of aliphatic hydroxyl groups excluding tert-OH is 1. The molecule has 3 fully saturated rings. The zero-order chi connectivity index (χ0) is 23.6. The zero-order valence-electron chi connectivity index (χ0n) is 19.5. The van der Waals surface area contributed by atoms with Crippen LogP contribution in [0.15, 0.2) is 23.4 Å². The van der Waals surface area contributed by atoms with E-state index in [1.165, 1.54) is 0 Å². The molecule has 180 valence electrons. The van der Waals surface area contributed by atoms with E-state index in [9.17, 15) is 19.5 Å². The molecule has 4 heterocycles. The topological polar surface area (TPSA) is 96.4 Å². The molecular formula is C26H30N2O6. The van der Waals surface area contributed by atoms with Crippen molar-refractivity contribution in [1.29, 1.82) is 0 Å². The number of likely N-dealkylation sites (tertiary alicyclic amines) is 2. The first-order valence-corrected chi connectivity index (χ1v) is 12.3. The van der Waals surface area contributed by atoms with Gasteiger partial charge in [-0.05, 0) is 75.2 Å². The van der Waals surface area contributed by atoms with Gasteiger partial charge in [-0.2, -0.15) is 0 Å². The first-order chi connectivity index (χ1) is 16.4. The standard InChI is InChI=1S/C26H30N2O6/c1-15-17(4-5-18-19(15)13-33-23(18)30)21(29)12-27-9-6-26(7-10-27)8-11-28(25(26)32)20-14-34-24(31)22(20)16-2-3-16/h4-5,16,21,29H,2-3,6-14H2,1H3/t21-/m1/s1. The van der Waals surface area contributed by atoms with E-state index in [0.29, 0.717) is 18.7 Å². The van der Waals surface area contributed by atoms with Crippen molar-refractivity contribution in [2.24, 2.45) is 11.3 Å². The van der Waals surface area contributed by atoms with Crippen LogP contribution in [0.25, 0.3) is 0 Å². The van der Waals surface area contributed by atoms with Crippen LogP contribution in [0.3, 0.4) is 0 Å². The van der Waals surface area contributed by atoms with Crippen molar-refractivity contribution in [3.05, 3.63) is 45.7 Å². The molecule has 1 amide bonds. The van der Waals surface area contributed by atoms with Gasteiger partial charge in [0.05, 0.1) is 28.4 Å². The Bertz CT molecular complexity index is 1110. The molecular weight excluding hydrogens is 436 g/mol. The lowest BCUT2D eigenvalue weighted by Gasteiger charge is -2.38. The van der Waals surface area contributed by atoms with Crippen molar-refractivity contribution < 1.29 is 29.0 Å². The Morgan fingerprint density at radius 3 is 2.47 bits per heavy atom. The van der Waals surface area contributed by atoms with Gasteiger partial charge in [-0.25, -0.2) is 9.59 Å². The van der Waals surface area contributed by atoms with Crippen molar-refractivity contribution in [3.8, 4) is 0 Å². The molecule has 1 aromatic rings. The Kier molecular flexibility index (Phi) is 5.08. The maximum Gasteiger partial charge on any atom is 0.338 e. The van der Waals surface area contributed by atoms with Crippen molar-refractivity contribution in [1.82, 2.24) is 9.80 Å². The van der Waals surface area contributed by atoms with E-state index in [1.807, 2.05) is 17.9 Å². The number of nitrogens with zero attached hydrogens (tertiary/aromatic N) is 2. The molecule has 8 nitrogen and oxygen atoms in total. The molecule has 1 aromatic carbocycles. The predicted molar refractivity (Wildman–Crippen MR) is 120 cm³/mol. The molecule has 0 unspecified atom stereocenters. The van der Waals surface area contributed by atoms with Crippen molar-refractivity contribution >= 4 is 17.8 Å². The third-order valence-corrected chi connectivity index (χ3v) is 8.51. The van der Waals surface area contributed by atoms with Crippen molar-refractivity contribution in [2.75, 3.05) is 32.8 Å². The minimum Gasteiger partial charge on any atom is -0.457 e. The normalized spacial score (nSPS) is 25.2. The summed E-state index contributed by atoms with van der Waals surface area (Å²) in [5.74, 6) is -0.138. The average molecular weight is 467 g/mol. The Labute approximate surface area is 198 Å². The number of aliphatic hydroxyl groups is 1. The monoisotopic (exact) mass is 466 g/mol. The number of ether oxygens (including phenoxy) is 2. The summed E-state index contributed by atoms with van der Waals surface area (Å²) in [5, 5.41) is 11.0. The minimum atomic E-state index is -0.668. The first kappa shape index (κ1) is 21.8. The van der Waals surface area contributed by atoms with Crippen LogP contribution in [-0.4, -0.2) is 65.5 Å². The number of esters is 2. The van der Waals surface area contributed by atoms with Gasteiger partial charge in [0, 0.05) is 18.7 Å². The first-order valence-electron chi connectivity index (χ1n) is 12.3. The number of β-amino-alcohol motifs (C(OH)–C–C–N with tert-alkyl or cyclic N) is 1. The summed E-state index contributed by atoms with van der Waals surface area (Å²) in [6.45, 7) is 5.04. The van der Waals surface area contributed by atoms with Crippen molar-refractivity contribution in [3.63, 3.8) is 0 Å². The van der Waals surface area contributed by atoms with E-state index >= 15 is 0 Å². The predicted octanol–water partition coefficient (Wildman–Crippen LogP) is 2.23. The van der Waals surface area contributed by atoms with Gasteiger partial charge < -0.3 is 24.4 Å². The van der Waals surface area contributed by atoms with Gasteiger partial charge in [0.2, 0.25) is 5.91 Å². The SMILES string of the molecule is Cc1c([C@H](O)CN2CCC3(CC2)CCN(C2=C(C4CC4)C(=O)OC2)C3=O)ccc2c1COC2=O. The van der Waals surface area contributed by atoms with Crippen molar-refractivity contribution in [2.45, 2.75) is 51.7 Å². The fourth-order valence-electron chi connectivity index (χ4n) is 6.18. The number of benzene rings is 1. The molecule has 6 rings (SSSR count). The van der Waals surface area contributed by atoms with E-state index in [2.05, 4.69) is 4.90 Å². The maximum atomic E-state index is 13.5. The quantitative estimate of drug-likeness (QED) is 0.665. The molecule has 1 atom stereocenters. The van der Waals surface area contributed by atoms with E-state index in [4.69, 9.17) is 9.47 Å². The maximum absolute atomic E-state index is 13.5. The smallest absolute Gasteiger partial charge is 0.338 e. The summed E-state index contributed by atoms with van der Waals surface area (Å²) < 4.78 is 10.4. The van der Waals surface area contributed by atoms with E-state index < -0.39 is 6.10 Å². The summed E-state index contributed by atoms with van der Waals surface area (Å²) in [5.41, 5.74) is 4.36. The van der Waals surface area contributed by atoms with Gasteiger partial charge in [0.1, 0.15) is 13.2 Å². The van der Waals surface area contributed by atoms with Gasteiger partial charge >= 0.3 is 11.9 Å². The van der Waals surface area contributed by atoms with E-state index in [-0.39, 0.29) is 42.4 Å². The molecule has 0 radical (unpaired) electrons. The average Bonchev–Trinajstić information content (AvgIpc) is 3.38. The lowest BCUT2D eigenvalue weighted by atomic mass is 9.77. The number of carbonyl (C=O) groups is 3. The van der Waals surface area contributed by atoms with Crippen LogP contribution in [-0.2, 0) is 25.7 Å². The molecule has 0 bridgehead atoms. The summed E-state index contributed by atoms with van der Waals surface area (Å²) in [4.78, 5) is 41.5. The Morgan fingerprint density at radius 2 is 1.74 bits per heavy atom. The third kappa shape index (κ3) is 3.38. The zero-order valence-corrected chi connectivity index (χ0v) is 19.5. The molecule has 0 aromatic heterocycles. The molecule has 4 aliphatic heterocycles. The Hall–Kier alpha value is -2.71. The van der Waals surface area contributed by atoms with E-state index in [0.717, 1.165) is 73.2 Å².